The SMILES string of the molecule is O=C1C=CC2C(=C1)Cc1cc(O)ccc1C2c1ccc(NC(=O)NCC(=O)Nc2ccc(C[C@H](NC(=O)N[C@@H](CCC(=O)O)C(=O)O)C(=O)O)cc2)cc1C(=O)O. The van der Waals surface area contributed by atoms with Crippen LogP contribution in [0, 0.1) is 5.92 Å². The number of rotatable bonds is 15. The number of carboxylic acid groups (broad SMARTS) is 4. The highest BCUT2D eigenvalue weighted by molar-refractivity contribution is 6.01. The van der Waals surface area contributed by atoms with Crippen LogP contribution in [-0.4, -0.2) is 91.8 Å². The summed E-state index contributed by atoms with van der Waals surface area (Å²) < 4.78 is 0. The number of urea groups is 2. The number of ketones is 1. The van der Waals surface area contributed by atoms with E-state index in [9.17, 15) is 58.8 Å². The van der Waals surface area contributed by atoms with Crippen LogP contribution < -0.4 is 26.6 Å². The number of aliphatic carboxylic acids is 3. The number of hydrogen-bond donors (Lipinski definition) is 10. The average Bonchev–Trinajstić information content (AvgIpc) is 3.14. The van der Waals surface area contributed by atoms with Crippen LogP contribution in [0.3, 0.4) is 0 Å². The Morgan fingerprint density at radius 2 is 1.42 bits per heavy atom. The first-order valence-corrected chi connectivity index (χ1v) is 17.4. The van der Waals surface area contributed by atoms with Crippen molar-refractivity contribution in [1.82, 2.24) is 16.0 Å². The second-order valence-corrected chi connectivity index (χ2v) is 13.2. The fraction of sp³-hybridized carbons (Fsp3) is 0.231. The molecule has 0 bridgehead atoms. The minimum Gasteiger partial charge on any atom is -0.508 e. The van der Waals surface area contributed by atoms with E-state index in [1.807, 2.05) is 5.32 Å². The highest BCUT2D eigenvalue weighted by Crippen LogP contribution is 2.47. The lowest BCUT2D eigenvalue weighted by Crippen LogP contribution is -2.51. The molecule has 0 aliphatic heterocycles. The number of phenolic OH excluding ortho intramolecular Hbond substituents is 1. The molecule has 57 heavy (non-hydrogen) atoms. The average molecular weight is 784 g/mol. The molecule has 0 radical (unpaired) electrons. The molecule has 5 rings (SSSR count). The van der Waals surface area contributed by atoms with Crippen molar-refractivity contribution < 1.29 is 63.9 Å². The fourth-order valence-corrected chi connectivity index (χ4v) is 6.64. The van der Waals surface area contributed by atoms with E-state index in [1.54, 1.807) is 24.3 Å². The largest absolute Gasteiger partial charge is 0.508 e. The summed E-state index contributed by atoms with van der Waals surface area (Å²) in [5.41, 5.74) is 3.49. The van der Waals surface area contributed by atoms with Crippen LogP contribution in [0.5, 0.6) is 5.75 Å². The van der Waals surface area contributed by atoms with Crippen molar-refractivity contribution in [3.63, 3.8) is 0 Å². The van der Waals surface area contributed by atoms with Crippen LogP contribution in [0.1, 0.15) is 51.4 Å². The van der Waals surface area contributed by atoms with Crippen molar-refractivity contribution in [2.45, 2.75) is 43.7 Å². The Morgan fingerprint density at radius 3 is 2.09 bits per heavy atom. The maximum absolute atomic E-state index is 12.7. The molecule has 0 saturated carbocycles. The molecule has 2 aliphatic carbocycles. The predicted molar refractivity (Wildman–Crippen MR) is 200 cm³/mol. The minimum atomic E-state index is -1.56. The van der Waals surface area contributed by atoms with E-state index in [1.165, 1.54) is 54.6 Å². The number of phenols is 1. The number of aromatic hydroxyl groups is 1. The molecule has 18 heteroatoms. The van der Waals surface area contributed by atoms with Crippen LogP contribution >= 0.6 is 0 Å². The Bertz CT molecular complexity index is 2200. The first-order valence-electron chi connectivity index (χ1n) is 17.4. The Balaban J connectivity index is 1.16. The number of anilines is 2. The normalized spacial score (nSPS) is 16.4. The topological polar surface area (TPSA) is 298 Å². The summed E-state index contributed by atoms with van der Waals surface area (Å²) in [5.74, 6) is -7.06. The molecule has 0 saturated heterocycles. The smallest absolute Gasteiger partial charge is 0.336 e. The number of benzene rings is 3. The molecular weight excluding hydrogens is 746 g/mol. The van der Waals surface area contributed by atoms with Gasteiger partial charge in [-0.05, 0) is 83.6 Å². The molecule has 0 heterocycles. The zero-order valence-corrected chi connectivity index (χ0v) is 29.9. The molecule has 2 unspecified atom stereocenters. The first kappa shape index (κ1) is 40.7. The van der Waals surface area contributed by atoms with E-state index in [0.29, 0.717) is 17.5 Å². The quantitative estimate of drug-likeness (QED) is 0.106. The van der Waals surface area contributed by atoms with E-state index in [2.05, 4.69) is 21.3 Å². The van der Waals surface area contributed by atoms with Gasteiger partial charge in [0.15, 0.2) is 5.78 Å². The number of carbonyl (C=O) groups is 8. The molecule has 3 aromatic carbocycles. The molecule has 2 aliphatic rings. The Hall–Kier alpha value is -7.50. The van der Waals surface area contributed by atoms with Gasteiger partial charge in [0.1, 0.15) is 17.8 Å². The summed E-state index contributed by atoms with van der Waals surface area (Å²) in [7, 11) is 0. The number of nitrogens with one attached hydrogen (secondary N) is 5. The number of carboxylic acids is 4. The van der Waals surface area contributed by atoms with Crippen LogP contribution in [0.4, 0.5) is 21.0 Å². The second-order valence-electron chi connectivity index (χ2n) is 13.2. The van der Waals surface area contributed by atoms with Gasteiger partial charge in [-0.3, -0.25) is 14.4 Å². The van der Waals surface area contributed by atoms with Crippen molar-refractivity contribution in [3.05, 3.63) is 112 Å². The monoisotopic (exact) mass is 783 g/mol. The summed E-state index contributed by atoms with van der Waals surface area (Å²) in [5, 5.41) is 59.5. The van der Waals surface area contributed by atoms with Gasteiger partial charge < -0.3 is 52.1 Å². The molecule has 10 N–H and O–H groups in total. The van der Waals surface area contributed by atoms with Gasteiger partial charge >= 0.3 is 35.9 Å². The van der Waals surface area contributed by atoms with Gasteiger partial charge in [0.05, 0.1) is 12.1 Å². The van der Waals surface area contributed by atoms with Crippen molar-refractivity contribution in [2.75, 3.05) is 17.2 Å². The highest BCUT2D eigenvalue weighted by Gasteiger charge is 2.36. The number of fused-ring (bicyclic) bond motifs is 2. The van der Waals surface area contributed by atoms with Gasteiger partial charge in [-0.1, -0.05) is 35.9 Å². The number of hydrogen-bond acceptors (Lipinski definition) is 9. The van der Waals surface area contributed by atoms with Crippen LogP contribution in [0.2, 0.25) is 0 Å². The molecular formula is C39H37N5O13. The first-order chi connectivity index (χ1) is 27.1. The van der Waals surface area contributed by atoms with Gasteiger partial charge in [-0.25, -0.2) is 24.0 Å². The third kappa shape index (κ3) is 10.6. The number of amides is 5. The third-order valence-electron chi connectivity index (χ3n) is 9.26. The molecule has 18 nitrogen and oxygen atoms in total. The van der Waals surface area contributed by atoms with Crippen molar-refractivity contribution in [3.8, 4) is 5.75 Å². The van der Waals surface area contributed by atoms with E-state index in [0.717, 1.165) is 16.7 Å². The highest BCUT2D eigenvalue weighted by atomic mass is 16.4. The van der Waals surface area contributed by atoms with E-state index < -0.39 is 79.2 Å². The van der Waals surface area contributed by atoms with E-state index in [-0.39, 0.29) is 40.8 Å². The lowest BCUT2D eigenvalue weighted by atomic mass is 9.67. The summed E-state index contributed by atoms with van der Waals surface area (Å²) in [6.07, 6.45) is 3.94. The zero-order valence-electron chi connectivity index (χ0n) is 29.9. The van der Waals surface area contributed by atoms with E-state index >= 15 is 0 Å². The standard InChI is InChI=1S/C39H37N5O13/c45-24-6-9-26-20(15-24)14-21-16-25(46)7-10-27(21)34(26)28-8-5-23(17-29(28)35(50)51)42-38(56)40-18-32(47)41-22-3-1-19(2-4-22)13-31(37(54)55)44-39(57)43-30(36(52)53)11-12-33(48)49/h1-10,15-17,26,30-31,34,46H,11-14,18H2,(H,41,47)(H,48,49)(H,50,51)(H,52,53)(H,54,55)(H2,40,42,56)(H2,43,44,57)/t26?,30-,31-,34?/m0/s1. The summed E-state index contributed by atoms with van der Waals surface area (Å²) in [6, 6.07) is 10.1. The molecule has 296 valence electrons. The Labute approximate surface area is 323 Å². The third-order valence-corrected chi connectivity index (χ3v) is 9.26. The summed E-state index contributed by atoms with van der Waals surface area (Å²) in [6.45, 7) is -0.491. The molecule has 4 atom stereocenters. The second kappa shape index (κ2) is 17.8. The zero-order chi connectivity index (χ0) is 41.4. The van der Waals surface area contributed by atoms with Crippen molar-refractivity contribution >= 4 is 59.0 Å². The van der Waals surface area contributed by atoms with Crippen molar-refractivity contribution in [2.24, 2.45) is 5.92 Å². The van der Waals surface area contributed by atoms with E-state index in [4.69, 9.17) is 5.11 Å². The van der Waals surface area contributed by atoms with Gasteiger partial charge in [-0.2, -0.15) is 0 Å². The maximum atomic E-state index is 12.7. The lowest BCUT2D eigenvalue weighted by Gasteiger charge is -2.36. The Kier molecular flexibility index (Phi) is 12.7. The predicted octanol–water partition coefficient (Wildman–Crippen LogP) is 2.83. The molecule has 0 fully saturated rings. The van der Waals surface area contributed by atoms with Crippen LogP contribution in [-0.2, 0) is 36.8 Å². The lowest BCUT2D eigenvalue weighted by molar-refractivity contribution is -0.140. The number of allylic oxidation sites excluding steroid dienone is 4. The van der Waals surface area contributed by atoms with Gasteiger partial charge in [0.25, 0.3) is 0 Å². The summed E-state index contributed by atoms with van der Waals surface area (Å²) in [4.78, 5) is 96.2. The van der Waals surface area contributed by atoms with Gasteiger partial charge in [-0.15, -0.1) is 0 Å². The van der Waals surface area contributed by atoms with Gasteiger partial charge in [0.2, 0.25) is 5.91 Å². The Morgan fingerprint density at radius 1 is 0.754 bits per heavy atom. The minimum absolute atomic E-state index is 0.0363. The molecule has 0 spiro atoms. The molecule has 5 amide bonds. The fourth-order valence-electron chi connectivity index (χ4n) is 6.64. The van der Waals surface area contributed by atoms with Crippen molar-refractivity contribution in [1.29, 1.82) is 0 Å². The maximum Gasteiger partial charge on any atom is 0.336 e. The van der Waals surface area contributed by atoms with Crippen LogP contribution in [0.25, 0.3) is 0 Å². The molecule has 0 aromatic heterocycles. The number of carbonyl (C=O) groups excluding carboxylic acids is 4. The molecule has 3 aromatic rings. The van der Waals surface area contributed by atoms with Crippen LogP contribution in [0.15, 0.2) is 84.5 Å². The number of aromatic carboxylic acids is 1. The van der Waals surface area contributed by atoms with Gasteiger partial charge in [0, 0.05) is 36.1 Å². The summed E-state index contributed by atoms with van der Waals surface area (Å²) >= 11 is 0.